The minimum absolute atomic E-state index is 0.123. The number of carbonyl (C=O) groups is 1. The van der Waals surface area contributed by atoms with E-state index in [4.69, 9.17) is 19.4 Å². The molecular formula is C28H33N5O5. The van der Waals surface area contributed by atoms with Crippen LogP contribution in [-0.4, -0.2) is 36.7 Å². The molecular weight excluding hydrogens is 486 g/mol. The summed E-state index contributed by atoms with van der Waals surface area (Å²) >= 11 is 0. The molecule has 0 saturated carbocycles. The van der Waals surface area contributed by atoms with Crippen LogP contribution in [0.1, 0.15) is 51.4 Å². The van der Waals surface area contributed by atoms with Gasteiger partial charge < -0.3 is 9.47 Å². The number of ether oxygens (including phenoxy) is 2. The van der Waals surface area contributed by atoms with Gasteiger partial charge in [0, 0.05) is 43.7 Å². The molecule has 0 bridgehead atoms. The smallest absolute Gasteiger partial charge is 0.332 e. The van der Waals surface area contributed by atoms with Crippen LogP contribution in [0.2, 0.25) is 0 Å². The highest BCUT2D eigenvalue weighted by Gasteiger charge is 2.19. The van der Waals surface area contributed by atoms with Gasteiger partial charge in [-0.1, -0.05) is 26.0 Å². The van der Waals surface area contributed by atoms with Crippen molar-refractivity contribution in [3.63, 3.8) is 0 Å². The summed E-state index contributed by atoms with van der Waals surface area (Å²) < 4.78 is 13.8. The van der Waals surface area contributed by atoms with Crippen LogP contribution in [-0.2, 0) is 36.2 Å². The maximum atomic E-state index is 13.0. The zero-order valence-electron chi connectivity index (χ0n) is 22.3. The third-order valence-electron chi connectivity index (χ3n) is 6.23. The molecule has 0 fully saturated rings. The van der Waals surface area contributed by atoms with Crippen molar-refractivity contribution in [1.29, 1.82) is 0 Å². The van der Waals surface area contributed by atoms with Gasteiger partial charge in [-0.25, -0.2) is 14.8 Å². The molecule has 3 aromatic heterocycles. The normalized spacial score (nSPS) is 11.4. The minimum atomic E-state index is -0.470. The molecule has 200 valence electrons. The molecule has 0 N–H and O–H groups in total. The molecule has 0 radical (unpaired) electrons. The third kappa shape index (κ3) is 6.07. The highest BCUT2D eigenvalue weighted by molar-refractivity contribution is 5.87. The Labute approximate surface area is 220 Å². The Hall–Kier alpha value is -4.08. The van der Waals surface area contributed by atoms with Gasteiger partial charge in [0.2, 0.25) is 0 Å². The summed E-state index contributed by atoms with van der Waals surface area (Å²) in [6.07, 6.45) is 6.36. The van der Waals surface area contributed by atoms with Gasteiger partial charge in [-0.05, 0) is 43.7 Å². The number of unbranched alkanes of at least 4 members (excludes halogenated alkanes) is 2. The Kier molecular flexibility index (Phi) is 8.50. The van der Waals surface area contributed by atoms with Crippen molar-refractivity contribution >= 4 is 27.9 Å². The molecule has 4 rings (SSSR count). The first kappa shape index (κ1) is 27.0. The summed E-state index contributed by atoms with van der Waals surface area (Å²) in [6.45, 7) is 6.29. The molecule has 1 aromatic carbocycles. The van der Waals surface area contributed by atoms with Gasteiger partial charge in [0.05, 0.1) is 12.3 Å². The Morgan fingerprint density at radius 1 is 1.05 bits per heavy atom. The van der Waals surface area contributed by atoms with Gasteiger partial charge in [-0.2, -0.15) is 0 Å². The molecule has 0 amide bonds. The number of rotatable bonds is 11. The van der Waals surface area contributed by atoms with Gasteiger partial charge in [-0.15, -0.1) is 0 Å². The molecule has 3 heterocycles. The van der Waals surface area contributed by atoms with Crippen LogP contribution in [0.5, 0.6) is 5.75 Å². The van der Waals surface area contributed by atoms with E-state index in [9.17, 15) is 14.4 Å². The van der Waals surface area contributed by atoms with Crippen molar-refractivity contribution in [2.75, 3.05) is 6.61 Å². The van der Waals surface area contributed by atoms with Crippen LogP contribution < -0.4 is 16.0 Å². The second-order valence-electron chi connectivity index (χ2n) is 9.73. The molecule has 0 aliphatic heterocycles. The van der Waals surface area contributed by atoms with Crippen molar-refractivity contribution in [3.8, 4) is 5.75 Å². The van der Waals surface area contributed by atoms with Crippen LogP contribution in [0.25, 0.3) is 21.9 Å². The minimum Gasteiger partial charge on any atom is -0.487 e. The number of esters is 1. The number of hydrogen-bond donors (Lipinski definition) is 0. The number of aryl methyl sites for hydroxylation is 1. The number of aromatic nitrogens is 5. The molecule has 4 aromatic rings. The Bertz CT molecular complexity index is 1570. The summed E-state index contributed by atoms with van der Waals surface area (Å²) in [5, 5.41) is 1.88. The molecule has 0 saturated heterocycles. The maximum Gasteiger partial charge on any atom is 0.332 e. The van der Waals surface area contributed by atoms with Crippen molar-refractivity contribution in [2.24, 2.45) is 13.0 Å². The quantitative estimate of drug-likeness (QED) is 0.218. The monoisotopic (exact) mass is 519 g/mol. The molecule has 0 atom stereocenters. The van der Waals surface area contributed by atoms with E-state index >= 15 is 0 Å². The van der Waals surface area contributed by atoms with Crippen molar-refractivity contribution < 1.29 is 14.3 Å². The SMILES string of the molecule is CC(=O)OCCCCCc1nc2c(=O)n(C)c(=O)n(CC(C)C)c2nc1COc1cccc2cnccc12. The molecule has 0 spiro atoms. The summed E-state index contributed by atoms with van der Waals surface area (Å²) in [7, 11) is 1.46. The lowest BCUT2D eigenvalue weighted by atomic mass is 10.1. The average Bonchev–Trinajstić information content (AvgIpc) is 2.90. The van der Waals surface area contributed by atoms with E-state index in [1.807, 2.05) is 38.1 Å². The number of carbonyl (C=O) groups excluding carboxylic acids is 1. The zero-order chi connectivity index (χ0) is 27.2. The van der Waals surface area contributed by atoms with E-state index in [2.05, 4.69) is 4.98 Å². The second kappa shape index (κ2) is 12.0. The number of nitrogens with zero attached hydrogens (tertiary/aromatic N) is 5. The summed E-state index contributed by atoms with van der Waals surface area (Å²) in [6, 6.07) is 7.65. The Morgan fingerprint density at radius 2 is 1.87 bits per heavy atom. The number of benzene rings is 1. The van der Waals surface area contributed by atoms with Crippen LogP contribution in [0.15, 0.2) is 46.2 Å². The van der Waals surface area contributed by atoms with Gasteiger partial charge >= 0.3 is 11.7 Å². The highest BCUT2D eigenvalue weighted by atomic mass is 16.5. The lowest BCUT2D eigenvalue weighted by molar-refractivity contribution is -0.141. The lowest BCUT2D eigenvalue weighted by Gasteiger charge is -2.16. The molecule has 0 unspecified atom stereocenters. The first-order valence-corrected chi connectivity index (χ1v) is 12.8. The molecule has 0 aliphatic rings. The summed E-state index contributed by atoms with van der Waals surface area (Å²) in [5.41, 5.74) is 0.779. The molecule has 10 heteroatoms. The van der Waals surface area contributed by atoms with Crippen LogP contribution in [0.3, 0.4) is 0 Å². The zero-order valence-corrected chi connectivity index (χ0v) is 22.3. The van der Waals surface area contributed by atoms with E-state index < -0.39 is 11.2 Å². The predicted octanol–water partition coefficient (Wildman–Crippen LogP) is 3.55. The standard InChI is InChI=1S/C28H33N5O5/c1-18(2)16-33-26-25(27(35)32(4)28(33)36)30-22(10-6-5-7-14-37-19(3)34)23(31-26)17-38-24-11-8-9-20-15-29-13-12-21(20)24/h8-9,11-13,15,18H,5-7,10,14,16-17H2,1-4H3. The summed E-state index contributed by atoms with van der Waals surface area (Å²) in [4.78, 5) is 50.7. The topological polar surface area (TPSA) is 118 Å². The van der Waals surface area contributed by atoms with Crippen LogP contribution in [0, 0.1) is 5.92 Å². The molecule has 38 heavy (non-hydrogen) atoms. The highest BCUT2D eigenvalue weighted by Crippen LogP contribution is 2.26. The fourth-order valence-corrected chi connectivity index (χ4v) is 4.34. The third-order valence-corrected chi connectivity index (χ3v) is 6.23. The maximum absolute atomic E-state index is 13.0. The number of fused-ring (bicyclic) bond motifs is 2. The molecule has 10 nitrogen and oxygen atoms in total. The van der Waals surface area contributed by atoms with E-state index in [0.717, 1.165) is 34.6 Å². The first-order valence-electron chi connectivity index (χ1n) is 12.8. The van der Waals surface area contributed by atoms with Gasteiger partial charge in [-0.3, -0.25) is 23.7 Å². The van der Waals surface area contributed by atoms with Crippen molar-refractivity contribution in [3.05, 3.63) is 68.9 Å². The fraction of sp³-hybridized carbons (Fsp3) is 0.429. The number of pyridine rings is 1. The summed E-state index contributed by atoms with van der Waals surface area (Å²) in [5.74, 6) is 0.552. The van der Waals surface area contributed by atoms with Gasteiger partial charge in [0.25, 0.3) is 5.56 Å². The van der Waals surface area contributed by atoms with Gasteiger partial charge in [0.15, 0.2) is 11.2 Å². The van der Waals surface area contributed by atoms with E-state index in [1.165, 1.54) is 18.5 Å². The fourth-order valence-electron chi connectivity index (χ4n) is 4.34. The number of hydrogen-bond acceptors (Lipinski definition) is 8. The van der Waals surface area contributed by atoms with Crippen LogP contribution >= 0.6 is 0 Å². The first-order chi connectivity index (χ1) is 18.3. The largest absolute Gasteiger partial charge is 0.487 e. The Balaban J connectivity index is 1.71. The van der Waals surface area contributed by atoms with Crippen LogP contribution in [0.4, 0.5) is 0 Å². The van der Waals surface area contributed by atoms with E-state index in [0.29, 0.717) is 36.7 Å². The predicted molar refractivity (Wildman–Crippen MR) is 144 cm³/mol. The van der Waals surface area contributed by atoms with Crippen molar-refractivity contribution in [1.82, 2.24) is 24.1 Å². The average molecular weight is 520 g/mol. The second-order valence-corrected chi connectivity index (χ2v) is 9.73. The lowest BCUT2D eigenvalue weighted by Crippen LogP contribution is -2.40. The Morgan fingerprint density at radius 3 is 2.63 bits per heavy atom. The van der Waals surface area contributed by atoms with Crippen molar-refractivity contribution in [2.45, 2.75) is 59.6 Å². The molecule has 0 aliphatic carbocycles. The van der Waals surface area contributed by atoms with E-state index in [1.54, 1.807) is 12.4 Å². The van der Waals surface area contributed by atoms with E-state index in [-0.39, 0.29) is 29.7 Å². The van der Waals surface area contributed by atoms with Gasteiger partial charge in [0.1, 0.15) is 18.1 Å².